The third kappa shape index (κ3) is 5.39. The maximum absolute atomic E-state index is 11.8. The van der Waals surface area contributed by atoms with Gasteiger partial charge in [0.05, 0.1) is 6.54 Å². The number of fused-ring (bicyclic) bond motifs is 1. The molecule has 1 saturated heterocycles. The minimum atomic E-state index is 0. The van der Waals surface area contributed by atoms with E-state index in [0.29, 0.717) is 25.5 Å². The van der Waals surface area contributed by atoms with E-state index < -0.39 is 0 Å². The molecule has 0 aliphatic carbocycles. The molecule has 4 nitrogen and oxygen atoms in total. The highest BCUT2D eigenvalue weighted by Gasteiger charge is 2.15. The summed E-state index contributed by atoms with van der Waals surface area (Å²) in [5, 5.41) is 8.63. The Morgan fingerprint density at radius 3 is 2.83 bits per heavy atom. The van der Waals surface area contributed by atoms with E-state index in [4.69, 9.17) is 4.74 Å². The number of amides is 1. The van der Waals surface area contributed by atoms with Crippen LogP contribution in [0.5, 0.6) is 5.75 Å². The quantitative estimate of drug-likeness (QED) is 0.756. The topological polar surface area (TPSA) is 50.4 Å². The van der Waals surface area contributed by atoms with Crippen molar-refractivity contribution < 1.29 is 9.53 Å². The van der Waals surface area contributed by atoms with Crippen molar-refractivity contribution in [1.29, 1.82) is 0 Å². The van der Waals surface area contributed by atoms with E-state index in [2.05, 4.69) is 28.8 Å². The number of rotatable bonds is 7. The fourth-order valence-corrected chi connectivity index (χ4v) is 3.00. The molecule has 2 aromatic carbocycles. The number of hydrogen-bond donors (Lipinski definition) is 2. The first-order valence-electron chi connectivity index (χ1n) is 8.40. The van der Waals surface area contributed by atoms with Gasteiger partial charge in [0.15, 0.2) is 0 Å². The lowest BCUT2D eigenvalue weighted by Crippen LogP contribution is -2.28. The number of carbonyl (C=O) groups is 1. The van der Waals surface area contributed by atoms with Crippen molar-refractivity contribution in [2.75, 3.05) is 26.2 Å². The molecule has 0 saturated carbocycles. The van der Waals surface area contributed by atoms with E-state index in [1.165, 1.54) is 17.2 Å². The lowest BCUT2D eigenvalue weighted by Gasteiger charge is -2.10. The van der Waals surface area contributed by atoms with Gasteiger partial charge >= 0.3 is 0 Å². The summed E-state index contributed by atoms with van der Waals surface area (Å²) in [7, 11) is 0. The predicted molar refractivity (Wildman–Crippen MR) is 99.9 cm³/mol. The van der Waals surface area contributed by atoms with Crippen molar-refractivity contribution in [3.8, 4) is 5.75 Å². The number of halogens is 1. The van der Waals surface area contributed by atoms with Crippen molar-refractivity contribution in [2.45, 2.75) is 19.3 Å². The molecule has 0 aromatic heterocycles. The molecule has 2 aromatic rings. The summed E-state index contributed by atoms with van der Waals surface area (Å²) >= 11 is 0. The van der Waals surface area contributed by atoms with Crippen molar-refractivity contribution in [3.05, 3.63) is 42.5 Å². The lowest BCUT2D eigenvalue weighted by atomic mass is 10.0. The standard InChI is InChI=1S/C19H24N2O2.ClH/c22-19(8-5-15-9-10-20-14-15)21-11-12-23-18-7-6-16-3-1-2-4-17(16)13-18;/h1-4,6-7,13,15,20H,5,8-12,14H2,(H,21,22);1H. The SMILES string of the molecule is Cl.O=C(CCC1CCNC1)NCCOc1ccc2ccccc2c1. The van der Waals surface area contributed by atoms with Gasteiger partial charge in [0, 0.05) is 6.42 Å². The number of nitrogens with one attached hydrogen (secondary N) is 2. The van der Waals surface area contributed by atoms with E-state index in [0.717, 1.165) is 25.3 Å². The molecular weight excluding hydrogens is 324 g/mol. The van der Waals surface area contributed by atoms with Gasteiger partial charge in [-0.25, -0.2) is 0 Å². The van der Waals surface area contributed by atoms with E-state index in [1.54, 1.807) is 0 Å². The summed E-state index contributed by atoms with van der Waals surface area (Å²) in [6.45, 7) is 3.19. The molecule has 0 radical (unpaired) electrons. The van der Waals surface area contributed by atoms with E-state index in [1.807, 2.05) is 24.3 Å². The minimum Gasteiger partial charge on any atom is -0.492 e. The Kier molecular flexibility index (Phi) is 7.35. The summed E-state index contributed by atoms with van der Waals surface area (Å²) < 4.78 is 5.72. The van der Waals surface area contributed by atoms with Crippen LogP contribution in [-0.4, -0.2) is 32.1 Å². The van der Waals surface area contributed by atoms with Crippen molar-refractivity contribution in [1.82, 2.24) is 10.6 Å². The molecule has 1 atom stereocenters. The van der Waals surface area contributed by atoms with Crippen LogP contribution < -0.4 is 15.4 Å². The van der Waals surface area contributed by atoms with Gasteiger partial charge in [0.2, 0.25) is 5.91 Å². The maximum Gasteiger partial charge on any atom is 0.220 e. The Balaban J connectivity index is 0.00000208. The summed E-state index contributed by atoms with van der Waals surface area (Å²) in [5.41, 5.74) is 0. The summed E-state index contributed by atoms with van der Waals surface area (Å²) in [6.07, 6.45) is 2.78. The smallest absolute Gasteiger partial charge is 0.220 e. The highest BCUT2D eigenvalue weighted by molar-refractivity contribution is 5.85. The zero-order valence-electron chi connectivity index (χ0n) is 13.8. The van der Waals surface area contributed by atoms with E-state index >= 15 is 0 Å². The van der Waals surface area contributed by atoms with Crippen LogP contribution in [0, 0.1) is 5.92 Å². The van der Waals surface area contributed by atoms with Crippen LogP contribution in [0.4, 0.5) is 0 Å². The van der Waals surface area contributed by atoms with Gasteiger partial charge in [-0.05, 0) is 54.8 Å². The molecule has 0 bridgehead atoms. The summed E-state index contributed by atoms with van der Waals surface area (Å²) in [4.78, 5) is 11.8. The molecular formula is C19H25ClN2O2. The zero-order valence-corrected chi connectivity index (χ0v) is 14.6. The average molecular weight is 349 g/mol. The fraction of sp³-hybridized carbons (Fsp3) is 0.421. The van der Waals surface area contributed by atoms with Gasteiger partial charge in [-0.1, -0.05) is 30.3 Å². The molecule has 24 heavy (non-hydrogen) atoms. The Bertz CT molecular complexity index is 657. The monoisotopic (exact) mass is 348 g/mol. The molecule has 1 unspecified atom stereocenters. The second-order valence-corrected chi connectivity index (χ2v) is 6.10. The highest BCUT2D eigenvalue weighted by Crippen LogP contribution is 2.20. The van der Waals surface area contributed by atoms with Crippen LogP contribution >= 0.6 is 12.4 Å². The second kappa shape index (κ2) is 9.50. The van der Waals surface area contributed by atoms with Crippen LogP contribution in [0.25, 0.3) is 10.8 Å². The third-order valence-electron chi connectivity index (χ3n) is 4.36. The van der Waals surface area contributed by atoms with Crippen molar-refractivity contribution in [2.24, 2.45) is 5.92 Å². The Morgan fingerprint density at radius 1 is 1.21 bits per heavy atom. The van der Waals surface area contributed by atoms with Gasteiger partial charge in [-0.3, -0.25) is 4.79 Å². The average Bonchev–Trinajstić information content (AvgIpc) is 3.10. The molecule has 1 aliphatic heterocycles. The second-order valence-electron chi connectivity index (χ2n) is 6.10. The first kappa shape index (κ1) is 18.6. The predicted octanol–water partition coefficient (Wildman–Crippen LogP) is 3.15. The number of ether oxygens (including phenoxy) is 1. The zero-order chi connectivity index (χ0) is 15.9. The van der Waals surface area contributed by atoms with Gasteiger partial charge in [0.25, 0.3) is 0 Å². The van der Waals surface area contributed by atoms with Crippen LogP contribution in [0.3, 0.4) is 0 Å². The maximum atomic E-state index is 11.8. The Labute approximate surface area is 149 Å². The van der Waals surface area contributed by atoms with Crippen molar-refractivity contribution in [3.63, 3.8) is 0 Å². The highest BCUT2D eigenvalue weighted by atomic mass is 35.5. The first-order chi connectivity index (χ1) is 11.3. The molecule has 1 fully saturated rings. The van der Waals surface area contributed by atoms with Gasteiger partial charge in [-0.15, -0.1) is 12.4 Å². The molecule has 1 aliphatic rings. The van der Waals surface area contributed by atoms with Crippen LogP contribution in [0.2, 0.25) is 0 Å². The van der Waals surface area contributed by atoms with E-state index in [-0.39, 0.29) is 18.3 Å². The van der Waals surface area contributed by atoms with Crippen LogP contribution in [0.1, 0.15) is 19.3 Å². The largest absolute Gasteiger partial charge is 0.492 e. The molecule has 130 valence electrons. The van der Waals surface area contributed by atoms with Gasteiger partial charge in [0.1, 0.15) is 12.4 Å². The minimum absolute atomic E-state index is 0. The van der Waals surface area contributed by atoms with Gasteiger partial charge < -0.3 is 15.4 Å². The fourth-order valence-electron chi connectivity index (χ4n) is 3.00. The Morgan fingerprint density at radius 2 is 2.04 bits per heavy atom. The molecule has 3 rings (SSSR count). The molecule has 5 heteroatoms. The summed E-state index contributed by atoms with van der Waals surface area (Å²) in [5.74, 6) is 1.63. The lowest BCUT2D eigenvalue weighted by molar-refractivity contribution is -0.121. The first-order valence-corrected chi connectivity index (χ1v) is 8.40. The summed E-state index contributed by atoms with van der Waals surface area (Å²) in [6, 6.07) is 14.3. The molecule has 2 N–H and O–H groups in total. The van der Waals surface area contributed by atoms with Crippen LogP contribution in [0.15, 0.2) is 42.5 Å². The number of benzene rings is 2. The molecule has 1 amide bonds. The molecule has 1 heterocycles. The van der Waals surface area contributed by atoms with Gasteiger partial charge in [-0.2, -0.15) is 0 Å². The number of carbonyl (C=O) groups excluding carboxylic acids is 1. The molecule has 0 spiro atoms. The number of hydrogen-bond acceptors (Lipinski definition) is 3. The van der Waals surface area contributed by atoms with E-state index in [9.17, 15) is 4.79 Å². The van der Waals surface area contributed by atoms with Crippen molar-refractivity contribution >= 4 is 29.1 Å². The third-order valence-corrected chi connectivity index (χ3v) is 4.36. The van der Waals surface area contributed by atoms with Crippen LogP contribution in [-0.2, 0) is 4.79 Å². The normalized spacial score (nSPS) is 16.6. The Hall–Kier alpha value is -1.78.